The van der Waals surface area contributed by atoms with Gasteiger partial charge in [-0.05, 0) is 20.3 Å². The molecule has 0 N–H and O–H groups in total. The number of imide groups is 1. The Morgan fingerprint density at radius 2 is 2.00 bits per heavy atom. The van der Waals surface area contributed by atoms with E-state index in [0.717, 1.165) is 17.9 Å². The van der Waals surface area contributed by atoms with Gasteiger partial charge in [0, 0.05) is 26.7 Å². The third kappa shape index (κ3) is 2.12. The number of methoxy groups -OCH3 is 1. The predicted molar refractivity (Wildman–Crippen MR) is 90.6 cm³/mol. The summed E-state index contributed by atoms with van der Waals surface area (Å²) in [5.41, 5.74) is -1.22. The summed E-state index contributed by atoms with van der Waals surface area (Å²) in [6.45, 7) is 7.70. The largest absolute Gasteiger partial charge is 0.467 e. The topological polar surface area (TPSA) is 82.5 Å². The first kappa shape index (κ1) is 17.7. The van der Waals surface area contributed by atoms with Crippen LogP contribution in [0.25, 0.3) is 0 Å². The van der Waals surface area contributed by atoms with Crippen LogP contribution in [0.4, 0.5) is 0 Å². The van der Waals surface area contributed by atoms with Gasteiger partial charge in [0.1, 0.15) is 0 Å². The van der Waals surface area contributed by atoms with Crippen molar-refractivity contribution in [3.63, 3.8) is 0 Å². The average molecular weight is 350 g/mol. The predicted octanol–water partition coefficient (Wildman–Crippen LogP) is -0.0652. The van der Waals surface area contributed by atoms with Crippen LogP contribution in [0, 0.1) is 11.8 Å². The molecule has 2 amide bonds. The molecule has 138 valence electrons. The molecule has 0 aromatic heterocycles. The molecule has 8 nitrogen and oxygen atoms in total. The smallest absolute Gasteiger partial charge is 0.332 e. The highest BCUT2D eigenvalue weighted by molar-refractivity contribution is 6.11. The first-order valence-corrected chi connectivity index (χ1v) is 8.83. The van der Waals surface area contributed by atoms with Gasteiger partial charge in [-0.2, -0.15) is 0 Å². The molecular weight excluding hydrogens is 324 g/mol. The molecule has 3 aliphatic heterocycles. The number of carbonyl (C=O) groups is 3. The average Bonchev–Trinajstić information content (AvgIpc) is 3.17. The number of nitrogens with zero attached hydrogens (tertiary/aromatic N) is 4. The van der Waals surface area contributed by atoms with Gasteiger partial charge in [0.15, 0.2) is 11.5 Å². The van der Waals surface area contributed by atoms with Crippen LogP contribution in [0.3, 0.4) is 0 Å². The van der Waals surface area contributed by atoms with Gasteiger partial charge < -0.3 is 14.5 Å². The van der Waals surface area contributed by atoms with Gasteiger partial charge in [-0.3, -0.25) is 19.5 Å². The Kier molecular flexibility index (Phi) is 4.25. The molecule has 0 aliphatic carbocycles. The van der Waals surface area contributed by atoms with Crippen LogP contribution in [0.1, 0.15) is 27.2 Å². The molecule has 0 aromatic rings. The van der Waals surface area contributed by atoms with E-state index in [1.54, 1.807) is 6.92 Å². The summed E-state index contributed by atoms with van der Waals surface area (Å²) in [4.78, 5) is 48.0. The number of amides is 2. The molecule has 3 aliphatic rings. The minimum Gasteiger partial charge on any atom is -0.467 e. The maximum atomic E-state index is 12.8. The van der Waals surface area contributed by atoms with E-state index in [1.165, 1.54) is 14.2 Å². The first-order chi connectivity index (χ1) is 11.8. The van der Waals surface area contributed by atoms with E-state index in [1.807, 2.05) is 18.7 Å². The van der Waals surface area contributed by atoms with Crippen molar-refractivity contribution in [3.8, 4) is 0 Å². The highest BCUT2D eigenvalue weighted by Gasteiger charge is 2.72. The van der Waals surface area contributed by atoms with Crippen LogP contribution in [0.2, 0.25) is 0 Å². The fourth-order valence-electron chi connectivity index (χ4n) is 4.57. The number of fused-ring (bicyclic) bond motifs is 3. The monoisotopic (exact) mass is 350 g/mol. The lowest BCUT2D eigenvalue weighted by Crippen LogP contribution is -2.58. The Morgan fingerprint density at radius 1 is 1.32 bits per heavy atom. The lowest BCUT2D eigenvalue weighted by atomic mass is 9.81. The number of likely N-dealkylation sites (tertiary alicyclic amines) is 1. The molecular formula is C17H26N4O4. The number of ether oxygens (including phenoxy) is 1. The third-order valence-electron chi connectivity index (χ3n) is 5.79. The number of aliphatic imine (C=N–C) groups is 1. The van der Waals surface area contributed by atoms with Crippen LogP contribution < -0.4 is 0 Å². The molecule has 4 atom stereocenters. The SMILES string of the molecule is CCCN=C1N(CC)C[C@@H]2[C@@H]3C(=O)N(C)C(=O)[C@@H]3[C@](C)(C(=O)OC)N12. The number of rotatable bonds is 4. The number of carbonyl (C=O) groups excluding carboxylic acids is 3. The minimum absolute atomic E-state index is 0.217. The number of hydrogen-bond donors (Lipinski definition) is 0. The highest BCUT2D eigenvalue weighted by Crippen LogP contribution is 2.51. The summed E-state index contributed by atoms with van der Waals surface area (Å²) in [5, 5.41) is 0. The summed E-state index contributed by atoms with van der Waals surface area (Å²) >= 11 is 0. The van der Waals surface area contributed by atoms with Crippen molar-refractivity contribution in [3.05, 3.63) is 0 Å². The Hall–Kier alpha value is -2.12. The molecule has 3 saturated heterocycles. The van der Waals surface area contributed by atoms with E-state index in [0.29, 0.717) is 19.0 Å². The quantitative estimate of drug-likeness (QED) is 0.522. The van der Waals surface area contributed by atoms with E-state index in [9.17, 15) is 14.4 Å². The standard InChI is InChI=1S/C17H26N4O4/c1-6-8-18-16-20(7-2)9-10-11-12(14(23)19(4)13(11)22)17(3,21(10)16)15(24)25-5/h10-12H,6-9H2,1-5H3/t10-,11+,12-,17-/m1/s1. The maximum absolute atomic E-state index is 12.8. The summed E-state index contributed by atoms with van der Waals surface area (Å²) in [6.07, 6.45) is 0.877. The van der Waals surface area contributed by atoms with Crippen molar-refractivity contribution in [2.45, 2.75) is 38.8 Å². The van der Waals surface area contributed by atoms with E-state index < -0.39 is 23.3 Å². The molecule has 0 aromatic carbocycles. The molecule has 0 bridgehead atoms. The second-order valence-corrected chi connectivity index (χ2v) is 7.04. The van der Waals surface area contributed by atoms with Gasteiger partial charge in [0.05, 0.1) is 25.0 Å². The number of esters is 1. The molecule has 8 heteroatoms. The lowest BCUT2D eigenvalue weighted by Gasteiger charge is -2.37. The van der Waals surface area contributed by atoms with Gasteiger partial charge in [-0.25, -0.2) is 4.79 Å². The van der Waals surface area contributed by atoms with Gasteiger partial charge >= 0.3 is 5.97 Å². The van der Waals surface area contributed by atoms with E-state index in [4.69, 9.17) is 4.74 Å². The summed E-state index contributed by atoms with van der Waals surface area (Å²) < 4.78 is 5.06. The summed E-state index contributed by atoms with van der Waals surface area (Å²) in [6, 6.07) is -0.244. The Morgan fingerprint density at radius 3 is 2.56 bits per heavy atom. The molecule has 3 rings (SSSR count). The number of likely N-dealkylation sites (N-methyl/N-ethyl adjacent to an activating group) is 1. The third-order valence-corrected chi connectivity index (χ3v) is 5.79. The van der Waals surface area contributed by atoms with Crippen LogP contribution in [-0.4, -0.2) is 83.8 Å². The van der Waals surface area contributed by atoms with E-state index in [2.05, 4.69) is 9.89 Å². The van der Waals surface area contributed by atoms with Gasteiger partial charge in [0.2, 0.25) is 11.8 Å². The van der Waals surface area contributed by atoms with Crippen molar-refractivity contribution < 1.29 is 19.1 Å². The Bertz CT molecular complexity index is 649. The van der Waals surface area contributed by atoms with Crippen molar-refractivity contribution in [2.24, 2.45) is 16.8 Å². The van der Waals surface area contributed by atoms with Crippen LogP contribution in [0.15, 0.2) is 4.99 Å². The molecule has 0 saturated carbocycles. The molecule has 25 heavy (non-hydrogen) atoms. The highest BCUT2D eigenvalue weighted by atomic mass is 16.5. The molecule has 0 spiro atoms. The van der Waals surface area contributed by atoms with Gasteiger partial charge in [-0.1, -0.05) is 6.92 Å². The van der Waals surface area contributed by atoms with E-state index >= 15 is 0 Å². The molecule has 3 fully saturated rings. The maximum Gasteiger partial charge on any atom is 0.332 e. The van der Waals surface area contributed by atoms with E-state index in [-0.39, 0.29) is 17.9 Å². The van der Waals surface area contributed by atoms with Gasteiger partial charge in [-0.15, -0.1) is 0 Å². The van der Waals surface area contributed by atoms with Crippen molar-refractivity contribution in [1.29, 1.82) is 0 Å². The normalized spacial score (nSPS) is 35.6. The van der Waals surface area contributed by atoms with Crippen molar-refractivity contribution in [1.82, 2.24) is 14.7 Å². The number of guanidine groups is 1. The van der Waals surface area contributed by atoms with Crippen LogP contribution in [-0.2, 0) is 19.1 Å². The first-order valence-electron chi connectivity index (χ1n) is 8.83. The second kappa shape index (κ2) is 6.00. The minimum atomic E-state index is -1.22. The fraction of sp³-hybridized carbons (Fsp3) is 0.765. The van der Waals surface area contributed by atoms with Gasteiger partial charge in [0.25, 0.3) is 0 Å². The summed E-state index contributed by atoms with van der Waals surface area (Å²) in [7, 11) is 2.81. The lowest BCUT2D eigenvalue weighted by molar-refractivity contribution is -0.156. The van der Waals surface area contributed by atoms with Crippen molar-refractivity contribution in [2.75, 3.05) is 33.8 Å². The zero-order valence-electron chi connectivity index (χ0n) is 15.5. The second-order valence-electron chi connectivity index (χ2n) is 7.04. The van der Waals surface area contributed by atoms with Crippen LogP contribution in [0.5, 0.6) is 0 Å². The number of hydrogen-bond acceptors (Lipinski definition) is 5. The summed E-state index contributed by atoms with van der Waals surface area (Å²) in [5.74, 6) is -1.60. The Labute approximate surface area is 147 Å². The van der Waals surface area contributed by atoms with Crippen molar-refractivity contribution >= 4 is 23.7 Å². The van der Waals surface area contributed by atoms with Crippen LogP contribution >= 0.6 is 0 Å². The fourth-order valence-corrected chi connectivity index (χ4v) is 4.57. The zero-order valence-corrected chi connectivity index (χ0v) is 15.5. The molecule has 3 heterocycles. The zero-order chi connectivity index (χ0) is 18.5. The Balaban J connectivity index is 2.15. The molecule has 0 unspecified atom stereocenters. The molecule has 0 radical (unpaired) electrons.